The summed E-state index contributed by atoms with van der Waals surface area (Å²) in [7, 11) is 1.65. The van der Waals surface area contributed by atoms with Gasteiger partial charge < -0.3 is 14.5 Å². The van der Waals surface area contributed by atoms with Gasteiger partial charge in [-0.1, -0.05) is 12.1 Å². The molecular formula is C19H15N3O2. The summed E-state index contributed by atoms with van der Waals surface area (Å²) in [6.45, 7) is 0. The van der Waals surface area contributed by atoms with Crippen LogP contribution >= 0.6 is 0 Å². The summed E-state index contributed by atoms with van der Waals surface area (Å²) in [5.41, 5.74) is 1.78. The Hall–Kier alpha value is -3.34. The van der Waals surface area contributed by atoms with Gasteiger partial charge in [0.2, 0.25) is 0 Å². The minimum Gasteiger partial charge on any atom is -0.497 e. The monoisotopic (exact) mass is 317 g/mol. The number of nitrogens with one attached hydrogen (secondary N) is 1. The van der Waals surface area contributed by atoms with Gasteiger partial charge in [-0.3, -0.25) is 0 Å². The highest BCUT2D eigenvalue weighted by Gasteiger charge is 2.11. The lowest BCUT2D eigenvalue weighted by molar-refractivity contribution is 0.415. The first-order valence-corrected chi connectivity index (χ1v) is 7.55. The van der Waals surface area contributed by atoms with Crippen LogP contribution in [0.2, 0.25) is 0 Å². The maximum absolute atomic E-state index is 5.43. The topological polar surface area (TPSA) is 60.2 Å². The van der Waals surface area contributed by atoms with Gasteiger partial charge in [0, 0.05) is 11.1 Å². The predicted molar refractivity (Wildman–Crippen MR) is 93.5 cm³/mol. The van der Waals surface area contributed by atoms with Gasteiger partial charge >= 0.3 is 0 Å². The maximum Gasteiger partial charge on any atom is 0.198 e. The SMILES string of the molecule is COc1ccc(Nc2nc(-c3ccco3)nc3ccccc23)cc1. The summed E-state index contributed by atoms with van der Waals surface area (Å²) in [4.78, 5) is 9.22. The van der Waals surface area contributed by atoms with E-state index < -0.39 is 0 Å². The van der Waals surface area contributed by atoms with Crippen molar-refractivity contribution < 1.29 is 9.15 Å². The van der Waals surface area contributed by atoms with E-state index in [4.69, 9.17) is 9.15 Å². The number of para-hydroxylation sites is 1. The van der Waals surface area contributed by atoms with Crippen molar-refractivity contribution in [2.75, 3.05) is 12.4 Å². The molecule has 0 amide bonds. The Morgan fingerprint density at radius 2 is 1.75 bits per heavy atom. The van der Waals surface area contributed by atoms with E-state index in [9.17, 15) is 0 Å². The molecule has 0 radical (unpaired) electrons. The molecule has 0 saturated heterocycles. The standard InChI is InChI=1S/C19H15N3O2/c1-23-14-10-8-13(9-11-14)20-18-15-5-2-3-6-16(15)21-19(22-18)17-7-4-12-24-17/h2-12H,1H3,(H,20,21,22). The number of benzene rings is 2. The van der Waals surface area contributed by atoms with E-state index in [0.717, 1.165) is 28.2 Å². The molecule has 0 bridgehead atoms. The van der Waals surface area contributed by atoms with Gasteiger partial charge in [-0.25, -0.2) is 9.97 Å². The first kappa shape index (κ1) is 14.3. The third-order valence-corrected chi connectivity index (χ3v) is 3.70. The molecule has 24 heavy (non-hydrogen) atoms. The quantitative estimate of drug-likeness (QED) is 0.594. The number of furan rings is 1. The van der Waals surface area contributed by atoms with Crippen LogP contribution in [-0.4, -0.2) is 17.1 Å². The lowest BCUT2D eigenvalue weighted by Crippen LogP contribution is -1.99. The summed E-state index contributed by atoms with van der Waals surface area (Å²) in [6, 6.07) is 19.3. The molecule has 2 aromatic carbocycles. The number of nitrogens with zero attached hydrogens (tertiary/aromatic N) is 2. The second-order valence-electron chi connectivity index (χ2n) is 5.24. The van der Waals surface area contributed by atoms with E-state index in [-0.39, 0.29) is 0 Å². The van der Waals surface area contributed by atoms with Gasteiger partial charge in [0.05, 0.1) is 18.9 Å². The molecule has 4 rings (SSSR count). The lowest BCUT2D eigenvalue weighted by Gasteiger charge is -2.10. The average Bonchev–Trinajstić information content (AvgIpc) is 3.17. The zero-order chi connectivity index (χ0) is 16.4. The largest absolute Gasteiger partial charge is 0.497 e. The number of anilines is 2. The summed E-state index contributed by atoms with van der Waals surface area (Å²) >= 11 is 0. The smallest absolute Gasteiger partial charge is 0.198 e. The number of fused-ring (bicyclic) bond motifs is 1. The molecule has 5 nitrogen and oxygen atoms in total. The molecule has 0 saturated carbocycles. The highest BCUT2D eigenvalue weighted by atomic mass is 16.5. The Labute approximate surface area is 138 Å². The van der Waals surface area contributed by atoms with Crippen molar-refractivity contribution in [3.8, 4) is 17.3 Å². The van der Waals surface area contributed by atoms with Crippen LogP contribution in [0.25, 0.3) is 22.5 Å². The molecule has 0 atom stereocenters. The Kier molecular flexibility index (Phi) is 3.59. The summed E-state index contributed by atoms with van der Waals surface area (Å²) < 4.78 is 10.6. The Morgan fingerprint density at radius 1 is 0.917 bits per heavy atom. The second kappa shape index (κ2) is 6.04. The third-order valence-electron chi connectivity index (χ3n) is 3.70. The van der Waals surface area contributed by atoms with Crippen LogP contribution in [0.4, 0.5) is 11.5 Å². The Balaban J connectivity index is 1.80. The van der Waals surface area contributed by atoms with Crippen molar-refractivity contribution in [1.29, 1.82) is 0 Å². The molecule has 5 heteroatoms. The second-order valence-corrected chi connectivity index (χ2v) is 5.24. The van der Waals surface area contributed by atoms with Gasteiger partial charge in [0.15, 0.2) is 11.6 Å². The third kappa shape index (κ3) is 2.67. The number of aromatic nitrogens is 2. The summed E-state index contributed by atoms with van der Waals surface area (Å²) in [6.07, 6.45) is 1.62. The number of hydrogen-bond acceptors (Lipinski definition) is 5. The first-order chi connectivity index (χ1) is 11.8. The van der Waals surface area contributed by atoms with Crippen LogP contribution in [0.15, 0.2) is 71.3 Å². The van der Waals surface area contributed by atoms with Gasteiger partial charge in [-0.2, -0.15) is 0 Å². The average molecular weight is 317 g/mol. The van der Waals surface area contributed by atoms with Crippen molar-refractivity contribution >= 4 is 22.4 Å². The Morgan fingerprint density at radius 3 is 2.50 bits per heavy atom. The van der Waals surface area contributed by atoms with Crippen LogP contribution in [0.5, 0.6) is 5.75 Å². The van der Waals surface area contributed by atoms with E-state index in [1.807, 2.05) is 60.7 Å². The van der Waals surface area contributed by atoms with Crippen LogP contribution in [0.1, 0.15) is 0 Å². The summed E-state index contributed by atoms with van der Waals surface area (Å²) in [5.74, 6) is 2.73. The molecule has 0 fully saturated rings. The zero-order valence-corrected chi connectivity index (χ0v) is 13.1. The van der Waals surface area contributed by atoms with E-state index in [2.05, 4.69) is 15.3 Å². The van der Waals surface area contributed by atoms with Crippen molar-refractivity contribution in [1.82, 2.24) is 9.97 Å². The number of ether oxygens (including phenoxy) is 1. The van der Waals surface area contributed by atoms with E-state index in [1.165, 1.54) is 0 Å². The molecule has 2 heterocycles. The molecule has 1 N–H and O–H groups in total. The highest BCUT2D eigenvalue weighted by Crippen LogP contribution is 2.28. The fraction of sp³-hybridized carbons (Fsp3) is 0.0526. The van der Waals surface area contributed by atoms with Crippen LogP contribution < -0.4 is 10.1 Å². The predicted octanol–water partition coefficient (Wildman–Crippen LogP) is 4.64. The van der Waals surface area contributed by atoms with Gasteiger partial charge in [0.1, 0.15) is 11.6 Å². The highest BCUT2D eigenvalue weighted by molar-refractivity contribution is 5.92. The normalized spacial score (nSPS) is 10.7. The number of hydrogen-bond donors (Lipinski definition) is 1. The lowest BCUT2D eigenvalue weighted by atomic mass is 10.2. The van der Waals surface area contributed by atoms with Crippen molar-refractivity contribution in [3.05, 3.63) is 66.9 Å². The molecular weight excluding hydrogens is 302 g/mol. The van der Waals surface area contributed by atoms with Crippen LogP contribution in [-0.2, 0) is 0 Å². The maximum atomic E-state index is 5.43. The van der Waals surface area contributed by atoms with Crippen molar-refractivity contribution in [2.24, 2.45) is 0 Å². The fourth-order valence-electron chi connectivity index (χ4n) is 2.50. The molecule has 0 spiro atoms. The number of methoxy groups -OCH3 is 1. The molecule has 0 aliphatic heterocycles. The zero-order valence-electron chi connectivity index (χ0n) is 13.1. The minimum absolute atomic E-state index is 0.551. The minimum atomic E-state index is 0.551. The van der Waals surface area contributed by atoms with Crippen molar-refractivity contribution in [3.63, 3.8) is 0 Å². The first-order valence-electron chi connectivity index (χ1n) is 7.55. The number of rotatable bonds is 4. The molecule has 0 aliphatic carbocycles. The van der Waals surface area contributed by atoms with Gasteiger partial charge in [-0.15, -0.1) is 0 Å². The summed E-state index contributed by atoms with van der Waals surface area (Å²) in [5, 5.41) is 4.30. The molecule has 4 aromatic rings. The van der Waals surface area contributed by atoms with Crippen LogP contribution in [0, 0.1) is 0 Å². The van der Waals surface area contributed by atoms with E-state index in [0.29, 0.717) is 11.6 Å². The van der Waals surface area contributed by atoms with Gasteiger partial charge in [0.25, 0.3) is 0 Å². The van der Waals surface area contributed by atoms with Crippen LogP contribution in [0.3, 0.4) is 0 Å². The van der Waals surface area contributed by atoms with E-state index >= 15 is 0 Å². The molecule has 2 aromatic heterocycles. The molecule has 0 aliphatic rings. The molecule has 118 valence electrons. The van der Waals surface area contributed by atoms with Gasteiger partial charge in [-0.05, 0) is 48.5 Å². The Bertz CT molecular complexity index is 964. The van der Waals surface area contributed by atoms with Crippen molar-refractivity contribution in [2.45, 2.75) is 0 Å². The van der Waals surface area contributed by atoms with E-state index in [1.54, 1.807) is 13.4 Å². The molecule has 0 unspecified atom stereocenters. The fourth-order valence-corrected chi connectivity index (χ4v) is 2.50.